The van der Waals surface area contributed by atoms with Crippen molar-refractivity contribution in [3.05, 3.63) is 50.6 Å². The van der Waals surface area contributed by atoms with Crippen LogP contribution in [-0.4, -0.2) is 50.5 Å². The van der Waals surface area contributed by atoms with Crippen molar-refractivity contribution in [3.63, 3.8) is 0 Å². The molecule has 1 aromatic heterocycles. The second-order valence-electron chi connectivity index (χ2n) is 6.17. The van der Waals surface area contributed by atoms with Crippen molar-refractivity contribution in [1.82, 2.24) is 9.21 Å². The Kier molecular flexibility index (Phi) is 6.87. The van der Waals surface area contributed by atoms with Crippen molar-refractivity contribution in [1.29, 1.82) is 0 Å². The second-order valence-corrected chi connectivity index (χ2v) is 10.7. The molecule has 2 aromatic rings. The number of morpholine rings is 1. The van der Waals surface area contributed by atoms with Gasteiger partial charge in [0.1, 0.15) is 0 Å². The molecule has 0 spiro atoms. The Balaban J connectivity index is 1.73. The molecule has 0 amide bonds. The zero-order valence-corrected chi connectivity index (χ0v) is 17.9. The summed E-state index contributed by atoms with van der Waals surface area (Å²) in [6.07, 6.45) is 0. The Bertz CT molecular complexity index is 832. The molecule has 3 rings (SSSR count). The fourth-order valence-electron chi connectivity index (χ4n) is 2.94. The van der Waals surface area contributed by atoms with Crippen LogP contribution in [0.5, 0.6) is 0 Å². The Morgan fingerprint density at radius 3 is 2.62 bits per heavy atom. The summed E-state index contributed by atoms with van der Waals surface area (Å²) in [5.74, 6) is 0. The van der Waals surface area contributed by atoms with Crippen LogP contribution in [0.2, 0.25) is 0 Å². The normalized spacial score (nSPS) is 16.3. The maximum absolute atomic E-state index is 12.8. The first-order chi connectivity index (χ1) is 12.5. The molecule has 0 unspecified atom stereocenters. The zero-order chi connectivity index (χ0) is 18.6. The first-order valence-corrected chi connectivity index (χ1v) is 11.7. The Morgan fingerprint density at radius 2 is 1.96 bits per heavy atom. The molecule has 8 heteroatoms. The number of sulfonamides is 1. The van der Waals surface area contributed by atoms with Gasteiger partial charge in [0, 0.05) is 31.1 Å². The summed E-state index contributed by atoms with van der Waals surface area (Å²) in [5.41, 5.74) is 1.01. The van der Waals surface area contributed by atoms with Crippen LogP contribution in [0.15, 0.2) is 45.1 Å². The zero-order valence-electron chi connectivity index (χ0n) is 14.7. The van der Waals surface area contributed by atoms with Gasteiger partial charge in [0.25, 0.3) is 0 Å². The molecule has 1 aliphatic rings. The maximum atomic E-state index is 12.8. The number of halogens is 1. The molecule has 0 atom stereocenters. The van der Waals surface area contributed by atoms with Crippen molar-refractivity contribution in [3.8, 4) is 0 Å². The quantitative estimate of drug-likeness (QED) is 0.636. The molecule has 1 aromatic carbocycles. The smallest absolute Gasteiger partial charge is 0.243 e. The van der Waals surface area contributed by atoms with Crippen LogP contribution in [-0.2, 0) is 27.8 Å². The van der Waals surface area contributed by atoms with Gasteiger partial charge in [-0.25, -0.2) is 8.42 Å². The van der Waals surface area contributed by atoms with E-state index in [2.05, 4.69) is 39.9 Å². The van der Waals surface area contributed by atoms with Crippen molar-refractivity contribution in [2.24, 2.45) is 0 Å². The van der Waals surface area contributed by atoms with E-state index in [-0.39, 0.29) is 0 Å². The van der Waals surface area contributed by atoms with Crippen molar-refractivity contribution in [2.75, 3.05) is 32.8 Å². The summed E-state index contributed by atoms with van der Waals surface area (Å²) in [6, 6.07) is 11.5. The fourth-order valence-corrected chi connectivity index (χ4v) is 5.94. The SMILES string of the molecule is CCN(Cc1cccc(S(=O)(=O)N2CCOCC2)c1)Cc1ccc(Br)s1. The van der Waals surface area contributed by atoms with Gasteiger partial charge in [-0.2, -0.15) is 4.31 Å². The lowest BCUT2D eigenvalue weighted by atomic mass is 10.2. The largest absolute Gasteiger partial charge is 0.379 e. The van der Waals surface area contributed by atoms with Crippen molar-refractivity contribution >= 4 is 37.3 Å². The predicted octanol–water partition coefficient (Wildman–Crippen LogP) is 3.55. The van der Waals surface area contributed by atoms with E-state index in [0.717, 1.165) is 29.0 Å². The van der Waals surface area contributed by atoms with Crippen LogP contribution >= 0.6 is 27.3 Å². The van der Waals surface area contributed by atoms with Gasteiger partial charge < -0.3 is 4.74 Å². The molecule has 0 radical (unpaired) electrons. The molecule has 5 nitrogen and oxygen atoms in total. The average Bonchev–Trinajstić information content (AvgIpc) is 3.07. The average molecular weight is 459 g/mol. The Morgan fingerprint density at radius 1 is 1.19 bits per heavy atom. The minimum atomic E-state index is -3.45. The van der Waals surface area contributed by atoms with Crippen LogP contribution in [0.25, 0.3) is 0 Å². The standard InChI is InChI=1S/C18H23BrN2O3S2/c1-2-20(14-16-6-7-18(19)25-16)13-15-4-3-5-17(12-15)26(22,23)21-8-10-24-11-9-21/h3-7,12H,2,8-11,13-14H2,1H3. The van der Waals surface area contributed by atoms with Gasteiger partial charge in [-0.15, -0.1) is 11.3 Å². The number of benzene rings is 1. The summed E-state index contributed by atoms with van der Waals surface area (Å²) >= 11 is 5.23. The molecule has 1 saturated heterocycles. The molecule has 2 heterocycles. The van der Waals surface area contributed by atoms with E-state index in [1.54, 1.807) is 23.5 Å². The number of ether oxygens (including phenoxy) is 1. The lowest BCUT2D eigenvalue weighted by Crippen LogP contribution is -2.40. The third kappa shape index (κ3) is 4.94. The predicted molar refractivity (Wildman–Crippen MR) is 108 cm³/mol. The van der Waals surface area contributed by atoms with Gasteiger partial charge >= 0.3 is 0 Å². The van der Waals surface area contributed by atoms with E-state index in [0.29, 0.717) is 31.2 Å². The van der Waals surface area contributed by atoms with Crippen LogP contribution in [0, 0.1) is 0 Å². The first-order valence-electron chi connectivity index (χ1n) is 8.62. The van der Waals surface area contributed by atoms with E-state index in [1.165, 1.54) is 9.18 Å². The summed E-state index contributed by atoms with van der Waals surface area (Å²) in [7, 11) is -3.45. The highest BCUT2D eigenvalue weighted by atomic mass is 79.9. The minimum Gasteiger partial charge on any atom is -0.379 e. The molecule has 0 aliphatic carbocycles. The fraction of sp³-hybridized carbons (Fsp3) is 0.444. The molecule has 0 N–H and O–H groups in total. The highest BCUT2D eigenvalue weighted by molar-refractivity contribution is 9.11. The third-order valence-electron chi connectivity index (χ3n) is 4.37. The lowest BCUT2D eigenvalue weighted by Gasteiger charge is -2.26. The summed E-state index contributed by atoms with van der Waals surface area (Å²) in [4.78, 5) is 3.96. The van der Waals surface area contributed by atoms with Crippen LogP contribution in [0.3, 0.4) is 0 Å². The number of hydrogen-bond donors (Lipinski definition) is 0. The van der Waals surface area contributed by atoms with Crippen molar-refractivity contribution in [2.45, 2.75) is 24.9 Å². The minimum absolute atomic E-state index is 0.367. The topological polar surface area (TPSA) is 49.9 Å². The summed E-state index contributed by atoms with van der Waals surface area (Å²) in [5, 5.41) is 0. The maximum Gasteiger partial charge on any atom is 0.243 e. The van der Waals surface area contributed by atoms with Crippen LogP contribution in [0.4, 0.5) is 0 Å². The monoisotopic (exact) mass is 458 g/mol. The van der Waals surface area contributed by atoms with Gasteiger partial charge in [0.05, 0.1) is 21.9 Å². The molecule has 26 heavy (non-hydrogen) atoms. The number of hydrogen-bond acceptors (Lipinski definition) is 5. The molecule has 1 fully saturated rings. The molecule has 0 bridgehead atoms. The van der Waals surface area contributed by atoms with Gasteiger partial charge in [0.15, 0.2) is 0 Å². The van der Waals surface area contributed by atoms with Gasteiger partial charge in [0.2, 0.25) is 10.0 Å². The highest BCUT2D eigenvalue weighted by Gasteiger charge is 2.26. The molecule has 142 valence electrons. The molecular weight excluding hydrogens is 436 g/mol. The van der Waals surface area contributed by atoms with E-state index in [1.807, 2.05) is 12.1 Å². The molecule has 0 saturated carbocycles. The van der Waals surface area contributed by atoms with Gasteiger partial charge in [-0.1, -0.05) is 19.1 Å². The number of nitrogens with zero attached hydrogens (tertiary/aromatic N) is 2. The van der Waals surface area contributed by atoms with Crippen LogP contribution in [0.1, 0.15) is 17.4 Å². The van der Waals surface area contributed by atoms with E-state index in [9.17, 15) is 8.42 Å². The van der Waals surface area contributed by atoms with Gasteiger partial charge in [-0.3, -0.25) is 4.90 Å². The van der Waals surface area contributed by atoms with E-state index < -0.39 is 10.0 Å². The molecular formula is C18H23BrN2O3S2. The second kappa shape index (κ2) is 8.95. The molecule has 1 aliphatic heterocycles. The van der Waals surface area contributed by atoms with E-state index in [4.69, 9.17) is 4.74 Å². The highest BCUT2D eigenvalue weighted by Crippen LogP contribution is 2.24. The first kappa shape index (κ1) is 20.0. The van der Waals surface area contributed by atoms with E-state index >= 15 is 0 Å². The Labute approximate surface area is 167 Å². The Hall–Kier alpha value is -0.770. The van der Waals surface area contributed by atoms with Crippen molar-refractivity contribution < 1.29 is 13.2 Å². The third-order valence-corrected chi connectivity index (χ3v) is 7.87. The van der Waals surface area contributed by atoms with Gasteiger partial charge in [-0.05, 0) is 52.3 Å². The summed E-state index contributed by atoms with van der Waals surface area (Å²) in [6.45, 7) is 6.35. The lowest BCUT2D eigenvalue weighted by molar-refractivity contribution is 0.0730. The number of thiophene rings is 1. The number of rotatable bonds is 7. The summed E-state index contributed by atoms with van der Waals surface area (Å²) < 4.78 is 33.6. The van der Waals surface area contributed by atoms with Crippen LogP contribution < -0.4 is 0 Å².